The normalized spacial score (nSPS) is 22.2. The number of rotatable bonds is 8. The predicted octanol–water partition coefficient (Wildman–Crippen LogP) is 2.08. The maximum absolute atomic E-state index is 5.27. The molecular weight excluding hydrogens is 212 g/mol. The number of nitrogens with zero attached hydrogens (tertiary/aromatic N) is 2. The van der Waals surface area contributed by atoms with Crippen LogP contribution in [0.1, 0.15) is 33.1 Å². The number of hydrogen-bond donors (Lipinski definition) is 0. The second-order valence-corrected chi connectivity index (χ2v) is 5.14. The molecule has 0 aromatic rings. The van der Waals surface area contributed by atoms with Gasteiger partial charge in [0, 0.05) is 13.7 Å². The van der Waals surface area contributed by atoms with E-state index in [-0.39, 0.29) is 0 Å². The van der Waals surface area contributed by atoms with Gasteiger partial charge in [-0.05, 0) is 57.9 Å². The van der Waals surface area contributed by atoms with Gasteiger partial charge in [0.2, 0.25) is 0 Å². The van der Waals surface area contributed by atoms with Gasteiger partial charge in [-0.2, -0.15) is 0 Å². The summed E-state index contributed by atoms with van der Waals surface area (Å²) in [5.41, 5.74) is 0. The summed E-state index contributed by atoms with van der Waals surface area (Å²) < 4.78 is 5.27. The van der Waals surface area contributed by atoms with Crippen molar-refractivity contribution in [3.8, 4) is 0 Å². The molecule has 1 aliphatic rings. The zero-order chi connectivity index (χ0) is 12.5. The smallest absolute Gasteiger partial charge is 0.0502 e. The van der Waals surface area contributed by atoms with E-state index in [1.807, 2.05) is 7.11 Å². The van der Waals surface area contributed by atoms with Gasteiger partial charge in [-0.15, -0.1) is 0 Å². The Labute approximate surface area is 107 Å². The molecule has 0 aromatic heterocycles. The molecule has 1 saturated heterocycles. The van der Waals surface area contributed by atoms with Crippen molar-refractivity contribution >= 4 is 0 Å². The molecule has 1 aliphatic heterocycles. The molecule has 3 nitrogen and oxygen atoms in total. The second kappa shape index (κ2) is 8.90. The van der Waals surface area contributed by atoms with Gasteiger partial charge in [-0.25, -0.2) is 0 Å². The highest BCUT2D eigenvalue weighted by Gasteiger charge is 2.19. The monoisotopic (exact) mass is 242 g/mol. The molecule has 0 saturated carbocycles. The van der Waals surface area contributed by atoms with E-state index in [1.54, 1.807) is 0 Å². The third kappa shape index (κ3) is 5.84. The molecule has 1 rings (SSSR count). The van der Waals surface area contributed by atoms with Gasteiger partial charge < -0.3 is 14.5 Å². The van der Waals surface area contributed by atoms with Crippen LogP contribution in [0, 0.1) is 5.92 Å². The number of likely N-dealkylation sites (tertiary alicyclic amines) is 1. The number of methoxy groups -OCH3 is 1. The first kappa shape index (κ1) is 14.9. The Kier molecular flexibility index (Phi) is 7.82. The summed E-state index contributed by atoms with van der Waals surface area (Å²) in [7, 11) is 1.82. The number of ether oxygens (including phenoxy) is 1. The average molecular weight is 242 g/mol. The minimum atomic E-state index is 0.766. The first-order valence-corrected chi connectivity index (χ1v) is 7.23. The Morgan fingerprint density at radius 2 is 2.06 bits per heavy atom. The molecule has 0 aliphatic carbocycles. The number of hydrogen-bond acceptors (Lipinski definition) is 3. The zero-order valence-electron chi connectivity index (χ0n) is 12.0. The van der Waals surface area contributed by atoms with Crippen LogP contribution in [0.25, 0.3) is 0 Å². The van der Waals surface area contributed by atoms with Crippen LogP contribution in [0.5, 0.6) is 0 Å². The van der Waals surface area contributed by atoms with Crippen molar-refractivity contribution in [1.29, 1.82) is 0 Å². The predicted molar refractivity (Wildman–Crippen MR) is 73.4 cm³/mol. The average Bonchev–Trinajstić information content (AvgIpc) is 2.36. The van der Waals surface area contributed by atoms with E-state index in [9.17, 15) is 0 Å². The van der Waals surface area contributed by atoms with Crippen molar-refractivity contribution in [2.24, 2.45) is 5.92 Å². The Hall–Kier alpha value is -0.120. The molecule has 0 aromatic carbocycles. The van der Waals surface area contributed by atoms with Crippen molar-refractivity contribution in [3.05, 3.63) is 0 Å². The fourth-order valence-corrected chi connectivity index (χ4v) is 2.78. The van der Waals surface area contributed by atoms with Crippen molar-refractivity contribution < 1.29 is 4.74 Å². The molecule has 0 bridgehead atoms. The van der Waals surface area contributed by atoms with Crippen LogP contribution in [-0.4, -0.2) is 62.8 Å². The molecule has 102 valence electrons. The molecule has 0 radical (unpaired) electrons. The molecule has 1 fully saturated rings. The van der Waals surface area contributed by atoms with E-state index in [4.69, 9.17) is 4.74 Å². The van der Waals surface area contributed by atoms with E-state index < -0.39 is 0 Å². The fourth-order valence-electron chi connectivity index (χ4n) is 2.78. The van der Waals surface area contributed by atoms with E-state index >= 15 is 0 Å². The van der Waals surface area contributed by atoms with Crippen molar-refractivity contribution in [2.45, 2.75) is 33.1 Å². The molecule has 3 heteroatoms. The van der Waals surface area contributed by atoms with E-state index in [1.165, 1.54) is 58.5 Å². The van der Waals surface area contributed by atoms with Gasteiger partial charge in [0.15, 0.2) is 0 Å². The molecule has 1 atom stereocenters. The standard InChI is InChI=1S/C14H30N2O/c1-4-15(5-2)10-7-11-16-9-6-8-14(12-16)13-17-3/h14H,4-13H2,1-3H3/t14-/m0/s1. The summed E-state index contributed by atoms with van der Waals surface area (Å²) in [6.07, 6.45) is 4.00. The summed E-state index contributed by atoms with van der Waals surface area (Å²) in [4.78, 5) is 5.13. The maximum atomic E-state index is 5.27. The lowest BCUT2D eigenvalue weighted by molar-refractivity contribution is 0.0884. The third-order valence-electron chi connectivity index (χ3n) is 3.85. The second-order valence-electron chi connectivity index (χ2n) is 5.14. The molecular formula is C14H30N2O. The lowest BCUT2D eigenvalue weighted by Crippen LogP contribution is -2.38. The van der Waals surface area contributed by atoms with Crippen molar-refractivity contribution in [1.82, 2.24) is 9.80 Å². The molecule has 17 heavy (non-hydrogen) atoms. The van der Waals surface area contributed by atoms with E-state index in [2.05, 4.69) is 23.6 Å². The molecule has 0 amide bonds. The summed E-state index contributed by atoms with van der Waals surface area (Å²) in [5.74, 6) is 0.766. The fraction of sp³-hybridized carbons (Fsp3) is 1.00. The minimum Gasteiger partial charge on any atom is -0.384 e. The molecule has 0 unspecified atom stereocenters. The van der Waals surface area contributed by atoms with Crippen molar-refractivity contribution in [3.63, 3.8) is 0 Å². The summed E-state index contributed by atoms with van der Waals surface area (Å²) >= 11 is 0. The summed E-state index contributed by atoms with van der Waals surface area (Å²) in [6, 6.07) is 0. The van der Waals surface area contributed by atoms with Gasteiger partial charge in [-0.1, -0.05) is 13.8 Å². The SMILES string of the molecule is CCN(CC)CCCN1CCC[C@H](COC)C1. The molecule has 0 spiro atoms. The highest BCUT2D eigenvalue weighted by molar-refractivity contribution is 4.73. The largest absolute Gasteiger partial charge is 0.384 e. The first-order valence-electron chi connectivity index (χ1n) is 7.23. The summed E-state index contributed by atoms with van der Waals surface area (Å²) in [5, 5.41) is 0. The quantitative estimate of drug-likeness (QED) is 0.648. The van der Waals surface area contributed by atoms with Crippen LogP contribution in [0.15, 0.2) is 0 Å². The zero-order valence-corrected chi connectivity index (χ0v) is 12.0. The third-order valence-corrected chi connectivity index (χ3v) is 3.85. The number of piperidine rings is 1. The van der Waals surface area contributed by atoms with E-state index in [0.717, 1.165) is 12.5 Å². The molecule has 1 heterocycles. The highest BCUT2D eigenvalue weighted by atomic mass is 16.5. The highest BCUT2D eigenvalue weighted by Crippen LogP contribution is 2.16. The Morgan fingerprint density at radius 3 is 2.71 bits per heavy atom. The van der Waals surface area contributed by atoms with Crippen molar-refractivity contribution in [2.75, 3.05) is 53.0 Å². The van der Waals surface area contributed by atoms with Gasteiger partial charge in [0.25, 0.3) is 0 Å². The minimum absolute atomic E-state index is 0.766. The summed E-state index contributed by atoms with van der Waals surface area (Å²) in [6.45, 7) is 12.8. The van der Waals surface area contributed by atoms with Gasteiger partial charge in [0.05, 0.1) is 6.61 Å². The van der Waals surface area contributed by atoms with Gasteiger partial charge in [0.1, 0.15) is 0 Å². The maximum Gasteiger partial charge on any atom is 0.0502 e. The van der Waals surface area contributed by atoms with Gasteiger partial charge >= 0.3 is 0 Å². The van der Waals surface area contributed by atoms with Crippen LogP contribution < -0.4 is 0 Å². The van der Waals surface area contributed by atoms with Crippen LogP contribution in [-0.2, 0) is 4.74 Å². The van der Waals surface area contributed by atoms with Crippen LogP contribution in [0.3, 0.4) is 0 Å². The van der Waals surface area contributed by atoms with Crippen LogP contribution >= 0.6 is 0 Å². The Bertz CT molecular complexity index is 181. The van der Waals surface area contributed by atoms with Crippen LogP contribution in [0.4, 0.5) is 0 Å². The molecule has 0 N–H and O–H groups in total. The van der Waals surface area contributed by atoms with Gasteiger partial charge in [-0.3, -0.25) is 0 Å². The first-order chi connectivity index (χ1) is 8.30. The Balaban J connectivity index is 2.13. The topological polar surface area (TPSA) is 15.7 Å². The van der Waals surface area contributed by atoms with Crippen LogP contribution in [0.2, 0.25) is 0 Å². The lowest BCUT2D eigenvalue weighted by Gasteiger charge is -2.32. The van der Waals surface area contributed by atoms with E-state index in [0.29, 0.717) is 0 Å². The Morgan fingerprint density at radius 1 is 1.29 bits per heavy atom. The lowest BCUT2D eigenvalue weighted by atomic mass is 9.99.